The molecule has 2 heterocycles. The number of H-pyrrole nitrogens is 1. The van der Waals surface area contributed by atoms with Gasteiger partial charge in [0.1, 0.15) is 0 Å². The molecule has 1 aromatic carbocycles. The van der Waals surface area contributed by atoms with Gasteiger partial charge in [0, 0.05) is 38.1 Å². The van der Waals surface area contributed by atoms with E-state index in [0.29, 0.717) is 0 Å². The van der Waals surface area contributed by atoms with Gasteiger partial charge in [-0.3, -0.25) is 9.59 Å². The summed E-state index contributed by atoms with van der Waals surface area (Å²) in [6.45, 7) is 2.69. The molecule has 1 amide bonds. The fourth-order valence-corrected chi connectivity index (χ4v) is 2.78. The maximum Gasteiger partial charge on any atom is 0.303 e. The van der Waals surface area contributed by atoms with Crippen LogP contribution in [-0.2, 0) is 27.3 Å². The molecule has 0 unspecified atom stereocenters. The summed E-state index contributed by atoms with van der Waals surface area (Å²) < 4.78 is 4.78. The smallest absolute Gasteiger partial charge is 0.303 e. The third-order valence-electron chi connectivity index (χ3n) is 4.13. The molecule has 126 valence electrons. The second-order valence-corrected chi connectivity index (χ2v) is 5.78. The maximum atomic E-state index is 12.1. The Morgan fingerprint density at radius 2 is 2.25 bits per heavy atom. The Morgan fingerprint density at radius 1 is 1.42 bits per heavy atom. The highest BCUT2D eigenvalue weighted by Gasteiger charge is 2.22. The van der Waals surface area contributed by atoms with Gasteiger partial charge in [-0.15, -0.1) is 0 Å². The van der Waals surface area contributed by atoms with Crippen molar-refractivity contribution < 1.29 is 14.3 Å². The van der Waals surface area contributed by atoms with Gasteiger partial charge in [-0.05, 0) is 24.1 Å². The van der Waals surface area contributed by atoms with Gasteiger partial charge in [0.2, 0.25) is 0 Å². The number of nitrogens with zero attached hydrogens (tertiary/aromatic N) is 3. The van der Waals surface area contributed by atoms with E-state index in [1.165, 1.54) is 17.4 Å². The summed E-state index contributed by atoms with van der Waals surface area (Å²) in [6.07, 6.45) is 4.53. The zero-order chi connectivity index (χ0) is 17.1. The number of aromatic nitrogens is 2. The van der Waals surface area contributed by atoms with Gasteiger partial charge in [-0.1, -0.05) is 6.07 Å². The number of aromatic amines is 1. The number of esters is 1. The summed E-state index contributed by atoms with van der Waals surface area (Å²) in [7, 11) is 1.68. The Bertz CT molecular complexity index is 742. The SMILES string of the molecule is CC(=O)OCC(=O)N(C)c1ccc2c(c1)N(Cc1c[nH]cn1)CC2. The van der Waals surface area contributed by atoms with E-state index in [2.05, 4.69) is 14.9 Å². The van der Waals surface area contributed by atoms with Crippen LogP contribution in [0.5, 0.6) is 0 Å². The lowest BCUT2D eigenvalue weighted by Gasteiger charge is -2.22. The summed E-state index contributed by atoms with van der Waals surface area (Å²) in [5.74, 6) is -0.724. The number of rotatable bonds is 5. The van der Waals surface area contributed by atoms with Gasteiger partial charge >= 0.3 is 5.97 Å². The quantitative estimate of drug-likeness (QED) is 0.842. The first-order valence-corrected chi connectivity index (χ1v) is 7.80. The van der Waals surface area contributed by atoms with Crippen molar-refractivity contribution >= 4 is 23.3 Å². The van der Waals surface area contributed by atoms with Crippen molar-refractivity contribution in [3.63, 3.8) is 0 Å². The Balaban J connectivity index is 1.75. The van der Waals surface area contributed by atoms with Gasteiger partial charge in [0.25, 0.3) is 5.91 Å². The predicted octanol–water partition coefficient (Wildman–Crippen LogP) is 1.50. The third-order valence-corrected chi connectivity index (χ3v) is 4.13. The van der Waals surface area contributed by atoms with Crippen LogP contribution in [-0.4, -0.2) is 42.0 Å². The van der Waals surface area contributed by atoms with E-state index < -0.39 is 5.97 Å². The molecule has 0 aliphatic carbocycles. The average molecular weight is 328 g/mol. The standard InChI is InChI=1S/C17H20N4O3/c1-12(22)24-10-17(23)20(2)15-4-3-13-5-6-21(16(13)7-15)9-14-8-18-11-19-14/h3-4,7-8,11H,5-6,9-10H2,1-2H3,(H,18,19). The molecule has 7 heteroatoms. The number of fused-ring (bicyclic) bond motifs is 1. The van der Waals surface area contributed by atoms with Crippen LogP contribution < -0.4 is 9.80 Å². The van der Waals surface area contributed by atoms with Crippen LogP contribution in [0.15, 0.2) is 30.7 Å². The molecule has 3 rings (SSSR count). The molecule has 0 fully saturated rings. The molecule has 0 saturated carbocycles. The summed E-state index contributed by atoms with van der Waals surface area (Å²) >= 11 is 0. The predicted molar refractivity (Wildman–Crippen MR) is 89.8 cm³/mol. The first-order chi connectivity index (χ1) is 11.5. The number of hydrogen-bond acceptors (Lipinski definition) is 5. The van der Waals surface area contributed by atoms with Crippen molar-refractivity contribution in [2.45, 2.75) is 19.9 Å². The van der Waals surface area contributed by atoms with Crippen LogP contribution in [0.4, 0.5) is 11.4 Å². The molecule has 0 atom stereocenters. The van der Waals surface area contributed by atoms with Crippen molar-refractivity contribution in [3.8, 4) is 0 Å². The maximum absolute atomic E-state index is 12.1. The lowest BCUT2D eigenvalue weighted by Crippen LogP contribution is -2.31. The van der Waals surface area contributed by atoms with Crippen molar-refractivity contribution in [2.75, 3.05) is 30.0 Å². The highest BCUT2D eigenvalue weighted by molar-refractivity contribution is 5.95. The normalized spacial score (nSPS) is 12.8. The molecule has 0 radical (unpaired) electrons. The highest BCUT2D eigenvalue weighted by Crippen LogP contribution is 2.32. The Kier molecular flexibility index (Phi) is 4.50. The first-order valence-electron chi connectivity index (χ1n) is 7.80. The number of ether oxygens (including phenoxy) is 1. The zero-order valence-corrected chi connectivity index (χ0v) is 13.8. The molecular formula is C17H20N4O3. The Labute approximate surface area is 140 Å². The molecule has 0 spiro atoms. The summed E-state index contributed by atoms with van der Waals surface area (Å²) in [6, 6.07) is 5.97. The molecule has 7 nitrogen and oxygen atoms in total. The van der Waals surface area contributed by atoms with Crippen molar-refractivity contribution in [1.82, 2.24) is 9.97 Å². The van der Waals surface area contributed by atoms with E-state index in [9.17, 15) is 9.59 Å². The van der Waals surface area contributed by atoms with Crippen molar-refractivity contribution in [3.05, 3.63) is 42.0 Å². The number of likely N-dealkylation sites (N-methyl/N-ethyl adjacent to an activating group) is 1. The van der Waals surface area contributed by atoms with Gasteiger partial charge in [0.05, 0.1) is 18.6 Å². The number of carbonyl (C=O) groups is 2. The lowest BCUT2D eigenvalue weighted by atomic mass is 10.1. The lowest BCUT2D eigenvalue weighted by molar-refractivity contribution is -0.145. The molecule has 24 heavy (non-hydrogen) atoms. The number of imidazole rings is 1. The molecule has 2 aromatic rings. The molecule has 1 aromatic heterocycles. The topological polar surface area (TPSA) is 78.5 Å². The number of hydrogen-bond donors (Lipinski definition) is 1. The fourth-order valence-electron chi connectivity index (χ4n) is 2.78. The number of carbonyl (C=O) groups excluding carboxylic acids is 2. The number of benzene rings is 1. The van der Waals surface area contributed by atoms with E-state index in [4.69, 9.17) is 4.74 Å². The minimum atomic E-state index is -0.462. The van der Waals surface area contributed by atoms with Crippen molar-refractivity contribution in [1.29, 1.82) is 0 Å². The van der Waals surface area contributed by atoms with E-state index in [-0.39, 0.29) is 12.5 Å². The van der Waals surface area contributed by atoms with Crippen LogP contribution >= 0.6 is 0 Å². The molecule has 0 saturated heterocycles. The van der Waals surface area contributed by atoms with E-state index in [1.807, 2.05) is 24.4 Å². The van der Waals surface area contributed by atoms with Gasteiger partial charge in [-0.25, -0.2) is 4.98 Å². The monoisotopic (exact) mass is 328 g/mol. The number of nitrogens with one attached hydrogen (secondary N) is 1. The zero-order valence-electron chi connectivity index (χ0n) is 13.8. The molecular weight excluding hydrogens is 308 g/mol. The average Bonchev–Trinajstić information content (AvgIpc) is 3.22. The second kappa shape index (κ2) is 6.74. The highest BCUT2D eigenvalue weighted by atomic mass is 16.5. The third kappa shape index (κ3) is 3.40. The van der Waals surface area contributed by atoms with E-state index >= 15 is 0 Å². The second-order valence-electron chi connectivity index (χ2n) is 5.78. The van der Waals surface area contributed by atoms with Crippen LogP contribution in [0.1, 0.15) is 18.2 Å². The molecule has 1 N–H and O–H groups in total. The fraction of sp³-hybridized carbons (Fsp3) is 0.353. The van der Waals surface area contributed by atoms with E-state index in [0.717, 1.165) is 36.6 Å². The summed E-state index contributed by atoms with van der Waals surface area (Å²) in [5, 5.41) is 0. The van der Waals surface area contributed by atoms with Gasteiger partial charge in [0.15, 0.2) is 6.61 Å². The van der Waals surface area contributed by atoms with Crippen LogP contribution in [0.25, 0.3) is 0 Å². The number of anilines is 2. The van der Waals surface area contributed by atoms with Gasteiger partial charge in [-0.2, -0.15) is 0 Å². The molecule has 1 aliphatic rings. The molecule has 1 aliphatic heterocycles. The van der Waals surface area contributed by atoms with Crippen molar-refractivity contribution in [2.24, 2.45) is 0 Å². The largest absolute Gasteiger partial charge is 0.456 e. The van der Waals surface area contributed by atoms with Crippen LogP contribution in [0, 0.1) is 0 Å². The van der Waals surface area contributed by atoms with Gasteiger partial charge < -0.3 is 19.5 Å². The van der Waals surface area contributed by atoms with Crippen LogP contribution in [0.3, 0.4) is 0 Å². The molecule has 0 bridgehead atoms. The first kappa shape index (κ1) is 16.0. The minimum absolute atomic E-state index is 0.250. The van der Waals surface area contributed by atoms with E-state index in [1.54, 1.807) is 13.4 Å². The minimum Gasteiger partial charge on any atom is -0.456 e. The van der Waals surface area contributed by atoms with Crippen LogP contribution in [0.2, 0.25) is 0 Å². The number of amides is 1. The Morgan fingerprint density at radius 3 is 2.96 bits per heavy atom. The summed E-state index contributed by atoms with van der Waals surface area (Å²) in [5.41, 5.74) is 4.13. The Hall–Kier alpha value is -2.83. The summed E-state index contributed by atoms with van der Waals surface area (Å²) in [4.78, 5) is 33.9.